The van der Waals surface area contributed by atoms with Crippen LogP contribution in [0.25, 0.3) is 0 Å². The lowest BCUT2D eigenvalue weighted by Crippen LogP contribution is -2.48. The van der Waals surface area contributed by atoms with Crippen molar-refractivity contribution in [2.45, 2.75) is 59.4 Å². The molecule has 0 spiro atoms. The number of aliphatic hydroxyl groups is 1. The van der Waals surface area contributed by atoms with Crippen LogP contribution in [-0.4, -0.2) is 30.2 Å². The molecule has 0 saturated heterocycles. The Morgan fingerprint density at radius 3 is 2.28 bits per heavy atom. The number of nitrogens with one attached hydrogen (secondary N) is 1. The zero-order valence-corrected chi connectivity index (χ0v) is 12.3. The number of rotatable bonds is 9. The van der Waals surface area contributed by atoms with Crippen LogP contribution in [0, 0.1) is 11.3 Å². The average Bonchev–Trinajstić information content (AvgIpc) is 2.41. The van der Waals surface area contributed by atoms with E-state index in [4.69, 9.17) is 10.8 Å². The maximum absolute atomic E-state index is 11.9. The Labute approximate surface area is 111 Å². The summed E-state index contributed by atoms with van der Waals surface area (Å²) < 4.78 is 0. The highest BCUT2D eigenvalue weighted by atomic mass is 16.3. The second-order valence-electron chi connectivity index (χ2n) is 5.31. The molecule has 0 aliphatic carbocycles. The molecule has 0 bridgehead atoms. The van der Waals surface area contributed by atoms with Gasteiger partial charge in [-0.05, 0) is 30.6 Å². The van der Waals surface area contributed by atoms with Crippen LogP contribution in [0.5, 0.6) is 0 Å². The number of carbonyl (C=O) groups excluding carboxylic acids is 1. The highest BCUT2D eigenvalue weighted by Gasteiger charge is 2.27. The van der Waals surface area contributed by atoms with E-state index in [9.17, 15) is 4.79 Å². The third-order valence-electron chi connectivity index (χ3n) is 4.34. The van der Waals surface area contributed by atoms with E-state index in [0.717, 1.165) is 25.7 Å². The summed E-state index contributed by atoms with van der Waals surface area (Å²) in [6, 6.07) is -0.435. The molecular formula is C14H30N2O2. The molecule has 4 nitrogen and oxygen atoms in total. The summed E-state index contributed by atoms with van der Waals surface area (Å²) in [5.41, 5.74) is 5.90. The molecule has 0 aromatic carbocycles. The Morgan fingerprint density at radius 1 is 1.33 bits per heavy atom. The largest absolute Gasteiger partial charge is 0.396 e. The number of hydrogen-bond donors (Lipinski definition) is 3. The van der Waals surface area contributed by atoms with Crippen LogP contribution in [0.2, 0.25) is 0 Å². The van der Waals surface area contributed by atoms with Gasteiger partial charge >= 0.3 is 0 Å². The second kappa shape index (κ2) is 8.48. The third kappa shape index (κ3) is 4.94. The summed E-state index contributed by atoms with van der Waals surface area (Å²) in [6.07, 6.45) is 3.52. The lowest BCUT2D eigenvalue weighted by Gasteiger charge is -2.32. The quantitative estimate of drug-likeness (QED) is 0.589. The van der Waals surface area contributed by atoms with Gasteiger partial charge in [-0.2, -0.15) is 0 Å². The Hall–Kier alpha value is -0.610. The van der Waals surface area contributed by atoms with E-state index in [1.54, 1.807) is 0 Å². The molecule has 0 aliphatic rings. The number of amides is 1. The Morgan fingerprint density at radius 2 is 1.89 bits per heavy atom. The third-order valence-corrected chi connectivity index (χ3v) is 4.34. The first-order valence-electron chi connectivity index (χ1n) is 7.10. The Balaban J connectivity index is 4.39. The van der Waals surface area contributed by atoms with E-state index in [1.165, 1.54) is 0 Å². The molecule has 108 valence electrons. The van der Waals surface area contributed by atoms with Crippen molar-refractivity contribution in [1.82, 2.24) is 5.32 Å². The van der Waals surface area contributed by atoms with Crippen LogP contribution in [0.1, 0.15) is 53.4 Å². The summed E-state index contributed by atoms with van der Waals surface area (Å²) in [4.78, 5) is 11.9. The maximum atomic E-state index is 11.9. The standard InChI is InChI=1S/C14H30N2O2/c1-5-11(4)12(15)13(18)16-10-14(6-2,7-3)8-9-17/h11-12,17H,5-10,15H2,1-4H3,(H,16,18). The SMILES string of the molecule is CCC(C)C(N)C(=O)NCC(CC)(CC)CCO. The zero-order chi connectivity index (χ0) is 14.2. The molecule has 18 heavy (non-hydrogen) atoms. The lowest BCUT2D eigenvalue weighted by atomic mass is 9.79. The number of nitrogens with two attached hydrogens (primary N) is 1. The summed E-state index contributed by atoms with van der Waals surface area (Å²) in [5, 5.41) is 12.1. The second-order valence-corrected chi connectivity index (χ2v) is 5.31. The highest BCUT2D eigenvalue weighted by Crippen LogP contribution is 2.29. The first-order valence-corrected chi connectivity index (χ1v) is 7.10. The van der Waals surface area contributed by atoms with Crippen molar-refractivity contribution < 1.29 is 9.90 Å². The molecule has 0 radical (unpaired) electrons. The van der Waals surface area contributed by atoms with Crippen molar-refractivity contribution >= 4 is 5.91 Å². The van der Waals surface area contributed by atoms with Crippen LogP contribution in [0.15, 0.2) is 0 Å². The molecule has 0 heterocycles. The molecule has 2 unspecified atom stereocenters. The first kappa shape index (κ1) is 17.4. The molecule has 4 N–H and O–H groups in total. The van der Waals surface area contributed by atoms with Crippen molar-refractivity contribution in [1.29, 1.82) is 0 Å². The van der Waals surface area contributed by atoms with E-state index in [-0.39, 0.29) is 23.8 Å². The number of hydrogen-bond acceptors (Lipinski definition) is 3. The molecule has 0 aliphatic heterocycles. The van der Waals surface area contributed by atoms with Gasteiger partial charge in [-0.1, -0.05) is 34.1 Å². The van der Waals surface area contributed by atoms with Crippen LogP contribution in [0.4, 0.5) is 0 Å². The normalized spacial score (nSPS) is 15.2. The van der Waals surface area contributed by atoms with E-state index in [2.05, 4.69) is 19.2 Å². The van der Waals surface area contributed by atoms with Gasteiger partial charge in [0.25, 0.3) is 0 Å². The van der Waals surface area contributed by atoms with Crippen molar-refractivity contribution in [2.24, 2.45) is 17.1 Å². The van der Waals surface area contributed by atoms with Gasteiger partial charge in [0.1, 0.15) is 0 Å². The minimum atomic E-state index is -0.435. The van der Waals surface area contributed by atoms with Gasteiger partial charge in [-0.3, -0.25) is 4.79 Å². The van der Waals surface area contributed by atoms with E-state index < -0.39 is 6.04 Å². The van der Waals surface area contributed by atoms with Crippen LogP contribution >= 0.6 is 0 Å². The Kier molecular flexibility index (Phi) is 8.20. The summed E-state index contributed by atoms with van der Waals surface area (Å²) in [6.45, 7) is 8.98. The average molecular weight is 258 g/mol. The van der Waals surface area contributed by atoms with Crippen LogP contribution < -0.4 is 11.1 Å². The Bertz CT molecular complexity index is 240. The van der Waals surface area contributed by atoms with E-state index >= 15 is 0 Å². The first-order chi connectivity index (χ1) is 8.46. The smallest absolute Gasteiger partial charge is 0.237 e. The van der Waals surface area contributed by atoms with E-state index in [0.29, 0.717) is 6.54 Å². The van der Waals surface area contributed by atoms with Gasteiger partial charge in [-0.15, -0.1) is 0 Å². The molecule has 0 aromatic rings. The van der Waals surface area contributed by atoms with Crippen LogP contribution in [-0.2, 0) is 4.79 Å². The molecule has 2 atom stereocenters. The summed E-state index contributed by atoms with van der Waals surface area (Å²) in [7, 11) is 0. The summed E-state index contributed by atoms with van der Waals surface area (Å²) in [5.74, 6) is 0.119. The molecular weight excluding hydrogens is 228 g/mol. The van der Waals surface area contributed by atoms with Gasteiger partial charge in [0.2, 0.25) is 5.91 Å². The minimum Gasteiger partial charge on any atom is -0.396 e. The van der Waals surface area contributed by atoms with Crippen molar-refractivity contribution in [3.8, 4) is 0 Å². The fourth-order valence-electron chi connectivity index (χ4n) is 2.08. The molecule has 1 amide bonds. The van der Waals surface area contributed by atoms with Gasteiger partial charge < -0.3 is 16.2 Å². The molecule has 0 fully saturated rings. The molecule has 0 saturated carbocycles. The van der Waals surface area contributed by atoms with Crippen molar-refractivity contribution in [3.05, 3.63) is 0 Å². The highest BCUT2D eigenvalue weighted by molar-refractivity contribution is 5.81. The van der Waals surface area contributed by atoms with E-state index in [1.807, 2.05) is 13.8 Å². The predicted molar refractivity (Wildman–Crippen MR) is 75.2 cm³/mol. The van der Waals surface area contributed by atoms with Gasteiger partial charge in [-0.25, -0.2) is 0 Å². The molecule has 0 aromatic heterocycles. The fraction of sp³-hybridized carbons (Fsp3) is 0.929. The van der Waals surface area contributed by atoms with Crippen LogP contribution in [0.3, 0.4) is 0 Å². The van der Waals surface area contributed by atoms with Crippen molar-refractivity contribution in [2.75, 3.05) is 13.2 Å². The van der Waals surface area contributed by atoms with Gasteiger partial charge in [0, 0.05) is 13.2 Å². The monoisotopic (exact) mass is 258 g/mol. The summed E-state index contributed by atoms with van der Waals surface area (Å²) >= 11 is 0. The molecule has 4 heteroatoms. The van der Waals surface area contributed by atoms with Gasteiger partial charge in [0.05, 0.1) is 6.04 Å². The van der Waals surface area contributed by atoms with Gasteiger partial charge in [0.15, 0.2) is 0 Å². The minimum absolute atomic E-state index is 0.000414. The number of aliphatic hydroxyl groups excluding tert-OH is 1. The topological polar surface area (TPSA) is 75.4 Å². The lowest BCUT2D eigenvalue weighted by molar-refractivity contribution is -0.124. The maximum Gasteiger partial charge on any atom is 0.237 e. The fourth-order valence-corrected chi connectivity index (χ4v) is 2.08. The number of carbonyl (C=O) groups is 1. The van der Waals surface area contributed by atoms with Crippen molar-refractivity contribution in [3.63, 3.8) is 0 Å². The molecule has 0 rings (SSSR count). The zero-order valence-electron chi connectivity index (χ0n) is 12.3. The predicted octanol–water partition coefficient (Wildman–Crippen LogP) is 1.66.